The molecule has 2 unspecified atom stereocenters. The third-order valence-electron chi connectivity index (χ3n) is 4.06. The van der Waals surface area contributed by atoms with Crippen LogP contribution in [0.15, 0.2) is 9.98 Å². The predicted molar refractivity (Wildman–Crippen MR) is 91.4 cm³/mol. The summed E-state index contributed by atoms with van der Waals surface area (Å²) in [7, 11) is 1.55. The van der Waals surface area contributed by atoms with Crippen molar-refractivity contribution >= 4 is 23.7 Å². The minimum Gasteiger partial charge on any atom is -0.386 e. The number of urea groups is 1. The first-order chi connectivity index (χ1) is 11.6. The summed E-state index contributed by atoms with van der Waals surface area (Å²) >= 11 is 0. The highest BCUT2D eigenvalue weighted by Gasteiger charge is 2.45. The van der Waals surface area contributed by atoms with Gasteiger partial charge >= 0.3 is 6.03 Å². The molecule has 0 saturated carbocycles. The van der Waals surface area contributed by atoms with E-state index >= 15 is 0 Å². The van der Waals surface area contributed by atoms with E-state index in [9.17, 15) is 9.59 Å². The fourth-order valence-electron chi connectivity index (χ4n) is 2.77. The Kier molecular flexibility index (Phi) is 6.50. The van der Waals surface area contributed by atoms with Crippen LogP contribution in [0.4, 0.5) is 4.79 Å². The lowest BCUT2D eigenvalue weighted by Gasteiger charge is -2.41. The second-order valence-corrected chi connectivity index (χ2v) is 5.74. The number of fused-ring (bicyclic) bond motifs is 1. The zero-order valence-corrected chi connectivity index (χ0v) is 13.9. The molecule has 3 amide bonds. The standard InChI is InChI=1S/C14H26N8O2/c1-17-13-20-11-9(12(23)21-13)10(16)19-14(24)22(11)8-7-18-6-4-2-3-5-15/h9,11,18H,2-8,15H2,1H3,(H2,16,19,24)(H2,17,20,21,23). The van der Waals surface area contributed by atoms with Gasteiger partial charge in [-0.3, -0.25) is 20.0 Å². The Morgan fingerprint density at radius 1 is 1.29 bits per heavy atom. The highest BCUT2D eigenvalue weighted by Crippen LogP contribution is 2.19. The molecule has 1 saturated heterocycles. The molecule has 7 N–H and O–H groups in total. The van der Waals surface area contributed by atoms with Crippen molar-refractivity contribution in [2.24, 2.45) is 27.4 Å². The van der Waals surface area contributed by atoms with Gasteiger partial charge in [-0.25, -0.2) is 4.79 Å². The van der Waals surface area contributed by atoms with Gasteiger partial charge in [-0.05, 0) is 25.9 Å². The van der Waals surface area contributed by atoms with E-state index < -0.39 is 18.1 Å². The lowest BCUT2D eigenvalue weighted by atomic mass is 9.99. The topological polar surface area (TPSA) is 150 Å². The number of guanidine groups is 1. The van der Waals surface area contributed by atoms with E-state index in [1.807, 2.05) is 0 Å². The van der Waals surface area contributed by atoms with Crippen LogP contribution in [0, 0.1) is 5.92 Å². The van der Waals surface area contributed by atoms with Gasteiger partial charge in [0.15, 0.2) is 5.96 Å². The number of amides is 3. The number of hydrogen-bond acceptors (Lipinski definition) is 6. The van der Waals surface area contributed by atoms with Crippen LogP contribution in [-0.2, 0) is 4.79 Å². The molecule has 10 nitrogen and oxygen atoms in total. The van der Waals surface area contributed by atoms with Crippen molar-refractivity contribution in [3.05, 3.63) is 0 Å². The molecule has 0 bridgehead atoms. The third kappa shape index (κ3) is 4.20. The molecule has 2 rings (SSSR count). The minimum atomic E-state index is -0.710. The van der Waals surface area contributed by atoms with Gasteiger partial charge < -0.3 is 22.1 Å². The van der Waals surface area contributed by atoms with Crippen LogP contribution in [0.25, 0.3) is 0 Å². The van der Waals surface area contributed by atoms with Crippen LogP contribution in [0.5, 0.6) is 0 Å². The molecule has 0 aromatic carbocycles. The Labute approximate surface area is 141 Å². The third-order valence-corrected chi connectivity index (χ3v) is 4.06. The second kappa shape index (κ2) is 8.60. The van der Waals surface area contributed by atoms with Crippen molar-refractivity contribution < 1.29 is 9.59 Å². The summed E-state index contributed by atoms with van der Waals surface area (Å²) in [6, 6.07) is -0.448. The zero-order chi connectivity index (χ0) is 17.5. The van der Waals surface area contributed by atoms with Gasteiger partial charge in [-0.2, -0.15) is 4.99 Å². The molecule has 134 valence electrons. The summed E-state index contributed by atoms with van der Waals surface area (Å²) < 4.78 is 0. The number of rotatable bonds is 8. The van der Waals surface area contributed by atoms with Crippen molar-refractivity contribution in [1.29, 1.82) is 0 Å². The highest BCUT2D eigenvalue weighted by atomic mass is 16.2. The Morgan fingerprint density at radius 2 is 2.08 bits per heavy atom. The maximum absolute atomic E-state index is 12.2. The molecule has 24 heavy (non-hydrogen) atoms. The molecule has 0 radical (unpaired) electrons. The summed E-state index contributed by atoms with van der Waals surface area (Å²) in [5.74, 6) is -0.676. The van der Waals surface area contributed by atoms with Gasteiger partial charge in [-0.1, -0.05) is 6.42 Å². The Balaban J connectivity index is 1.93. The van der Waals surface area contributed by atoms with E-state index in [2.05, 4.69) is 25.9 Å². The molecular formula is C14H26N8O2. The molecule has 10 heteroatoms. The van der Waals surface area contributed by atoms with E-state index in [4.69, 9.17) is 11.5 Å². The Morgan fingerprint density at radius 3 is 2.79 bits per heavy atom. The number of unbranched alkanes of at least 4 members (excludes halogenated alkanes) is 2. The number of carbonyl (C=O) groups excluding carboxylic acids is 2. The van der Waals surface area contributed by atoms with Gasteiger partial charge in [0.05, 0.1) is 0 Å². The Bertz CT molecular complexity index is 533. The van der Waals surface area contributed by atoms with Crippen molar-refractivity contribution in [3.63, 3.8) is 0 Å². The lowest BCUT2D eigenvalue weighted by molar-refractivity contribution is -0.124. The summed E-state index contributed by atoms with van der Waals surface area (Å²) in [5, 5.41) is 8.92. The van der Waals surface area contributed by atoms with Crippen molar-refractivity contribution in [2.75, 3.05) is 33.2 Å². The number of aliphatic imine (C=N–C) groups is 2. The summed E-state index contributed by atoms with van der Waals surface area (Å²) in [6.45, 7) is 2.59. The smallest absolute Gasteiger partial charge is 0.346 e. The summed E-state index contributed by atoms with van der Waals surface area (Å²) in [5.41, 5.74) is 11.2. The highest BCUT2D eigenvalue weighted by molar-refractivity contribution is 6.14. The lowest BCUT2D eigenvalue weighted by Crippen LogP contribution is -2.70. The molecule has 0 aliphatic carbocycles. The van der Waals surface area contributed by atoms with E-state index in [1.165, 1.54) is 4.90 Å². The number of amidine groups is 1. The molecule has 0 spiro atoms. The van der Waals surface area contributed by atoms with Crippen molar-refractivity contribution in [1.82, 2.24) is 20.9 Å². The van der Waals surface area contributed by atoms with Gasteiger partial charge in [-0.15, -0.1) is 0 Å². The molecule has 2 atom stereocenters. The van der Waals surface area contributed by atoms with Crippen LogP contribution < -0.4 is 27.4 Å². The molecule has 1 fully saturated rings. The first-order valence-corrected chi connectivity index (χ1v) is 8.18. The number of hydrogen-bond donors (Lipinski definition) is 5. The van der Waals surface area contributed by atoms with Crippen LogP contribution in [0.1, 0.15) is 19.3 Å². The van der Waals surface area contributed by atoms with Gasteiger partial charge in [0.2, 0.25) is 5.91 Å². The molecule has 2 heterocycles. The monoisotopic (exact) mass is 338 g/mol. The Hall–Kier alpha value is -2.20. The normalized spacial score (nSPS) is 25.2. The van der Waals surface area contributed by atoms with Gasteiger partial charge in [0.25, 0.3) is 0 Å². The first-order valence-electron chi connectivity index (χ1n) is 8.18. The number of nitrogens with two attached hydrogens (primary N) is 2. The predicted octanol–water partition coefficient (Wildman–Crippen LogP) is -1.85. The van der Waals surface area contributed by atoms with E-state index in [0.717, 1.165) is 25.8 Å². The quantitative estimate of drug-likeness (QED) is 0.328. The fraction of sp³-hybridized carbons (Fsp3) is 0.714. The zero-order valence-electron chi connectivity index (χ0n) is 13.9. The maximum atomic E-state index is 12.2. The van der Waals surface area contributed by atoms with Crippen molar-refractivity contribution in [3.8, 4) is 0 Å². The first kappa shape index (κ1) is 18.1. The number of nitrogens with zero attached hydrogens (tertiary/aromatic N) is 3. The second-order valence-electron chi connectivity index (χ2n) is 5.74. The van der Waals surface area contributed by atoms with Crippen LogP contribution in [0.3, 0.4) is 0 Å². The molecule has 2 aliphatic heterocycles. The molecular weight excluding hydrogens is 312 g/mol. The molecule has 0 aromatic heterocycles. The van der Waals surface area contributed by atoms with Crippen LogP contribution in [-0.4, -0.2) is 68.0 Å². The van der Waals surface area contributed by atoms with E-state index in [-0.39, 0.29) is 11.7 Å². The van der Waals surface area contributed by atoms with E-state index in [0.29, 0.717) is 25.6 Å². The number of nitrogens with one attached hydrogen (secondary N) is 3. The average Bonchev–Trinajstić information content (AvgIpc) is 2.55. The average molecular weight is 338 g/mol. The van der Waals surface area contributed by atoms with Crippen LogP contribution >= 0.6 is 0 Å². The number of carbonyl (C=O) groups is 2. The van der Waals surface area contributed by atoms with Gasteiger partial charge in [0, 0.05) is 20.1 Å². The largest absolute Gasteiger partial charge is 0.386 e. The van der Waals surface area contributed by atoms with Crippen LogP contribution in [0.2, 0.25) is 0 Å². The summed E-state index contributed by atoms with van der Waals surface area (Å²) in [6.07, 6.45) is 2.56. The van der Waals surface area contributed by atoms with E-state index in [1.54, 1.807) is 7.05 Å². The van der Waals surface area contributed by atoms with Crippen molar-refractivity contribution in [2.45, 2.75) is 25.4 Å². The maximum Gasteiger partial charge on any atom is 0.346 e. The summed E-state index contributed by atoms with van der Waals surface area (Å²) in [4.78, 5) is 33.6. The SMILES string of the molecule is CN=C1NC(=O)C2C(N)=NC(=O)N(CCNCCCCCN)C2N1. The van der Waals surface area contributed by atoms with Gasteiger partial charge in [0.1, 0.15) is 17.9 Å². The minimum absolute atomic E-state index is 0.0242. The molecule has 0 aromatic rings. The fourth-order valence-corrected chi connectivity index (χ4v) is 2.77. The molecule has 2 aliphatic rings.